The molecular weight excluding hydrogens is 83.1 g/mol. The maximum absolute atomic E-state index is 2.31. The fourth-order valence-electron chi connectivity index (χ4n) is 0. The Morgan fingerprint density at radius 3 is 1.00 bits per heavy atom. The van der Waals surface area contributed by atoms with E-state index in [2.05, 4.69) is 19.6 Å². The van der Waals surface area contributed by atoms with Crippen LogP contribution < -0.4 is 0 Å². The van der Waals surface area contributed by atoms with E-state index in [1.807, 2.05) is 23.3 Å². The Morgan fingerprint density at radius 2 is 1.00 bits per heavy atom. The van der Waals surface area contributed by atoms with Crippen LogP contribution in [0, 0.1) is 0 Å². The topological polar surface area (TPSA) is 0 Å². The third-order valence-corrected chi connectivity index (χ3v) is 0. The second kappa shape index (κ2) is 9.26. The number of hydrogen-bond acceptors (Lipinski definition) is 0. The molecule has 0 aromatic heterocycles. The van der Waals surface area contributed by atoms with Gasteiger partial charge < -0.3 is 0 Å². The summed E-state index contributed by atoms with van der Waals surface area (Å²) < 4.78 is 0. The quantitative estimate of drug-likeness (QED) is 0.399. The van der Waals surface area contributed by atoms with Crippen LogP contribution in [0.3, 0.4) is 0 Å². The van der Waals surface area contributed by atoms with Crippen LogP contribution in [0.15, 0.2) is 0 Å². The fraction of sp³-hybridized carbons (Fsp3) is 1.00. The molecule has 0 aliphatic rings. The number of hydrogen-bond donors (Lipinski definition) is 0. The van der Waals surface area contributed by atoms with Gasteiger partial charge in [0, 0.05) is 8.80 Å². The maximum atomic E-state index is 2.31. The molecule has 34 valence electrons. The Balaban J connectivity index is 0. The van der Waals surface area contributed by atoms with Crippen LogP contribution in [0.5, 0.6) is 0 Å². The van der Waals surface area contributed by atoms with Gasteiger partial charge in [0.05, 0.1) is 0 Å². The molecule has 0 N–H and O–H groups in total. The summed E-state index contributed by atoms with van der Waals surface area (Å²) in [4.78, 5) is 0. The summed E-state index contributed by atoms with van der Waals surface area (Å²) in [5.41, 5.74) is 2.00. The summed E-state index contributed by atoms with van der Waals surface area (Å²) >= 11 is 2.00. The molecule has 0 heterocycles. The van der Waals surface area contributed by atoms with Crippen molar-refractivity contribution in [2.24, 2.45) is 0 Å². The van der Waals surface area contributed by atoms with Gasteiger partial charge in [-0.15, -0.1) is 0 Å². The SMILES string of the molecule is C[SiH](C)C.[Li][CH3]. The zero-order valence-corrected chi connectivity index (χ0v) is 6.73. The molecule has 0 unspecified atom stereocenters. The second-order valence-electron chi connectivity index (χ2n) is 1.73. The van der Waals surface area contributed by atoms with Crippen LogP contribution in [0.25, 0.3) is 0 Å². The molecule has 2 heteroatoms. The molecule has 0 saturated carbocycles. The van der Waals surface area contributed by atoms with E-state index >= 15 is 0 Å². The summed E-state index contributed by atoms with van der Waals surface area (Å²) in [6.07, 6.45) is 0. The van der Waals surface area contributed by atoms with Gasteiger partial charge in [0.25, 0.3) is 0 Å². The minimum absolute atomic E-state index is 0.139. The first-order valence-electron chi connectivity index (χ1n) is 2.73. The van der Waals surface area contributed by atoms with Crippen LogP contribution in [0.2, 0.25) is 25.2 Å². The van der Waals surface area contributed by atoms with Gasteiger partial charge in [0.1, 0.15) is 0 Å². The van der Waals surface area contributed by atoms with Crippen molar-refractivity contribution in [2.75, 3.05) is 0 Å². The second-order valence-corrected chi connectivity index (χ2v) is 5.20. The normalized spacial score (nSPS) is 7.17. The standard InChI is InChI=1S/C3H10Si.CH3.Li/c1-4(2)3;;/h4H,1-3H3;1H3;. The fourth-order valence-corrected chi connectivity index (χ4v) is 0. The first kappa shape index (κ1) is 9.94. The van der Waals surface area contributed by atoms with Crippen molar-refractivity contribution in [3.05, 3.63) is 0 Å². The van der Waals surface area contributed by atoms with Crippen LogP contribution in [-0.2, 0) is 0 Å². The van der Waals surface area contributed by atoms with E-state index in [1.54, 1.807) is 0 Å². The Bertz CT molecular complexity index is 12.3. The molecule has 0 aromatic rings. The molecule has 0 aliphatic heterocycles. The molecule has 0 amide bonds. The van der Waals surface area contributed by atoms with E-state index in [9.17, 15) is 0 Å². The summed E-state index contributed by atoms with van der Waals surface area (Å²) in [6.45, 7) is 6.92. The van der Waals surface area contributed by atoms with E-state index in [1.165, 1.54) is 0 Å². The van der Waals surface area contributed by atoms with Crippen molar-refractivity contribution < 1.29 is 0 Å². The average Bonchev–Trinajstić information content (AvgIpc) is 1.41. The van der Waals surface area contributed by atoms with Crippen molar-refractivity contribution in [3.8, 4) is 0 Å². The zero-order chi connectivity index (χ0) is 5.58. The summed E-state index contributed by atoms with van der Waals surface area (Å²) in [5.74, 6) is 0. The van der Waals surface area contributed by atoms with Crippen LogP contribution in [0.4, 0.5) is 0 Å². The zero-order valence-electron chi connectivity index (χ0n) is 5.58. The molecule has 0 saturated heterocycles. The predicted molar refractivity (Wildman–Crippen MR) is 36.4 cm³/mol. The third kappa shape index (κ3) is 106. The Morgan fingerprint density at radius 1 is 1.00 bits per heavy atom. The monoisotopic (exact) mass is 96.1 g/mol. The Labute approximate surface area is 52.1 Å². The molecule has 0 aliphatic carbocycles. The van der Waals surface area contributed by atoms with Crippen molar-refractivity contribution in [1.29, 1.82) is 0 Å². The van der Waals surface area contributed by atoms with E-state index in [0.717, 1.165) is 0 Å². The third-order valence-electron chi connectivity index (χ3n) is 0. The molecule has 0 bridgehead atoms. The van der Waals surface area contributed by atoms with Crippen molar-refractivity contribution >= 4 is 26.5 Å². The summed E-state index contributed by atoms with van der Waals surface area (Å²) in [7, 11) is -0.139. The Hall–Kier alpha value is 0.814. The van der Waals surface area contributed by atoms with Gasteiger partial charge in [0.2, 0.25) is 0 Å². The van der Waals surface area contributed by atoms with Gasteiger partial charge in [-0.2, -0.15) is 0 Å². The predicted octanol–water partition coefficient (Wildman–Crippen LogP) is 1.31. The van der Waals surface area contributed by atoms with Gasteiger partial charge in [-0.1, -0.05) is 19.6 Å². The molecule has 0 atom stereocenters. The van der Waals surface area contributed by atoms with Gasteiger partial charge in [-0.3, -0.25) is 0 Å². The van der Waals surface area contributed by atoms with Crippen molar-refractivity contribution in [1.82, 2.24) is 0 Å². The molecule has 0 aromatic carbocycles. The molecule has 0 nitrogen and oxygen atoms in total. The molecular formula is C4H13LiSi. The number of rotatable bonds is 0. The van der Waals surface area contributed by atoms with Gasteiger partial charge in [-0.25, -0.2) is 0 Å². The van der Waals surface area contributed by atoms with E-state index < -0.39 is 0 Å². The van der Waals surface area contributed by atoms with Crippen LogP contribution in [-0.4, -0.2) is 26.5 Å². The molecule has 0 spiro atoms. The van der Waals surface area contributed by atoms with Crippen molar-refractivity contribution in [2.45, 2.75) is 25.2 Å². The Kier molecular flexibility index (Phi) is 15.3. The van der Waals surface area contributed by atoms with Gasteiger partial charge in [0.15, 0.2) is 0 Å². The molecule has 0 rings (SSSR count). The average molecular weight is 96.2 g/mol. The van der Waals surface area contributed by atoms with E-state index in [-0.39, 0.29) is 8.80 Å². The van der Waals surface area contributed by atoms with Crippen LogP contribution >= 0.6 is 0 Å². The molecule has 0 radical (unpaired) electrons. The summed E-state index contributed by atoms with van der Waals surface area (Å²) in [5, 5.41) is 0. The summed E-state index contributed by atoms with van der Waals surface area (Å²) in [6, 6.07) is 0. The van der Waals surface area contributed by atoms with Crippen molar-refractivity contribution in [3.63, 3.8) is 0 Å². The molecule has 6 heavy (non-hydrogen) atoms. The molecule has 0 fully saturated rings. The van der Waals surface area contributed by atoms with Gasteiger partial charge >= 0.3 is 23.3 Å². The first-order valence-corrected chi connectivity index (χ1v) is 6.20. The van der Waals surface area contributed by atoms with E-state index in [0.29, 0.717) is 0 Å². The van der Waals surface area contributed by atoms with Crippen LogP contribution in [0.1, 0.15) is 0 Å². The minimum atomic E-state index is -0.139. The first-order chi connectivity index (χ1) is 2.73. The van der Waals surface area contributed by atoms with Gasteiger partial charge in [-0.05, 0) is 0 Å². The van der Waals surface area contributed by atoms with E-state index in [4.69, 9.17) is 0 Å².